The number of carbonyl (C=O) groups is 8. The highest BCUT2D eigenvalue weighted by Gasteiger charge is 2.35. The van der Waals surface area contributed by atoms with E-state index in [1.807, 2.05) is 13.8 Å². The van der Waals surface area contributed by atoms with Gasteiger partial charge in [-0.1, -0.05) is 59.8 Å². The average Bonchev–Trinajstić information content (AvgIpc) is 3.11. The van der Waals surface area contributed by atoms with Gasteiger partial charge >= 0.3 is 0 Å². The minimum Gasteiger partial charge on any atom is -0.391 e. The molecular formula is C35H65N11O9. The number of rotatable bonds is 28. The van der Waals surface area contributed by atoms with E-state index in [1.165, 1.54) is 13.8 Å². The zero-order chi connectivity index (χ0) is 42.2. The van der Waals surface area contributed by atoms with Crippen LogP contribution in [0.3, 0.4) is 0 Å². The van der Waals surface area contributed by atoms with E-state index in [-0.39, 0.29) is 51.0 Å². The highest BCUT2D eigenvalue weighted by atomic mass is 16.3. The smallest absolute Gasteiger partial charge is 0.245 e. The van der Waals surface area contributed by atoms with Crippen LogP contribution in [0.5, 0.6) is 0 Å². The molecule has 0 rings (SSSR count). The summed E-state index contributed by atoms with van der Waals surface area (Å²) in [5.74, 6) is -6.49. The molecule has 55 heavy (non-hydrogen) atoms. The SMILES string of the molecule is CCCC[C@H](NC(=O)[C@H](CCCC)NC(=O)[C@@H](NC(=O)[C@@H](NC(C)=O)[C@@H](C)O)[C@@H](C)CC)C(=O)N[C@@H](CCC(N)=O)C(=O)N[C@@H](CCCN=C(N)N)C(N)=O. The lowest BCUT2D eigenvalue weighted by Gasteiger charge is -2.29. The fourth-order valence-corrected chi connectivity index (χ4v) is 5.35. The first-order valence-corrected chi connectivity index (χ1v) is 18.9. The van der Waals surface area contributed by atoms with Crippen LogP contribution < -0.4 is 54.8 Å². The Bertz CT molecular complexity index is 1320. The second-order valence-electron chi connectivity index (χ2n) is 13.7. The molecule has 0 saturated heterocycles. The number of aliphatic imine (C=N–C) groups is 1. The quantitative estimate of drug-likeness (QED) is 0.0224. The molecule has 0 aliphatic heterocycles. The van der Waals surface area contributed by atoms with Crippen LogP contribution in [0.1, 0.15) is 112 Å². The van der Waals surface area contributed by atoms with E-state index < -0.39 is 95.5 Å². The molecule has 0 saturated carbocycles. The Balaban J connectivity index is 6.26. The zero-order valence-electron chi connectivity index (χ0n) is 33.1. The van der Waals surface area contributed by atoms with Crippen molar-refractivity contribution in [3.63, 3.8) is 0 Å². The van der Waals surface area contributed by atoms with Gasteiger partial charge in [0.05, 0.1) is 6.10 Å². The van der Waals surface area contributed by atoms with Crippen LogP contribution in [0.15, 0.2) is 4.99 Å². The van der Waals surface area contributed by atoms with Gasteiger partial charge in [-0.3, -0.25) is 43.3 Å². The van der Waals surface area contributed by atoms with Gasteiger partial charge in [-0.25, -0.2) is 0 Å². The fraction of sp³-hybridized carbons (Fsp3) is 0.743. The molecule has 20 nitrogen and oxygen atoms in total. The van der Waals surface area contributed by atoms with Gasteiger partial charge in [-0.2, -0.15) is 0 Å². The van der Waals surface area contributed by atoms with Crippen molar-refractivity contribution < 1.29 is 43.5 Å². The van der Waals surface area contributed by atoms with E-state index in [1.54, 1.807) is 13.8 Å². The molecule has 0 fully saturated rings. The summed E-state index contributed by atoms with van der Waals surface area (Å²) in [6, 6.07) is -7.30. The second kappa shape index (κ2) is 26.7. The molecule has 0 aromatic heterocycles. The summed E-state index contributed by atoms with van der Waals surface area (Å²) < 4.78 is 0. The van der Waals surface area contributed by atoms with Crippen molar-refractivity contribution in [2.45, 2.75) is 155 Å². The molecule has 0 aliphatic rings. The average molecular weight is 784 g/mol. The van der Waals surface area contributed by atoms with E-state index >= 15 is 0 Å². The number of guanidine groups is 1. The van der Waals surface area contributed by atoms with Gasteiger partial charge < -0.3 is 59.9 Å². The summed E-state index contributed by atoms with van der Waals surface area (Å²) in [6.45, 7) is 9.95. The lowest BCUT2D eigenvalue weighted by molar-refractivity contribution is -0.136. The minimum absolute atomic E-state index is 0.0758. The van der Waals surface area contributed by atoms with Crippen LogP contribution in [0.25, 0.3) is 0 Å². The number of hydrogen-bond donors (Lipinski definition) is 11. The van der Waals surface area contributed by atoms with Gasteiger partial charge in [0.1, 0.15) is 36.3 Å². The lowest BCUT2D eigenvalue weighted by atomic mass is 9.96. The van der Waals surface area contributed by atoms with Crippen molar-refractivity contribution >= 4 is 53.2 Å². The number of hydrogen-bond acceptors (Lipinski definition) is 10. The van der Waals surface area contributed by atoms with E-state index in [0.29, 0.717) is 32.1 Å². The summed E-state index contributed by atoms with van der Waals surface area (Å²) >= 11 is 0. The third-order valence-corrected chi connectivity index (χ3v) is 8.79. The Labute approximate surface area is 323 Å². The van der Waals surface area contributed by atoms with Crippen molar-refractivity contribution in [3.8, 4) is 0 Å². The first-order chi connectivity index (χ1) is 25.8. The maximum absolute atomic E-state index is 13.8. The fourth-order valence-electron chi connectivity index (χ4n) is 5.35. The normalized spacial score (nSPS) is 15.3. The first kappa shape index (κ1) is 50.0. The Morgan fingerprint density at radius 3 is 1.42 bits per heavy atom. The van der Waals surface area contributed by atoms with E-state index in [0.717, 1.165) is 0 Å². The first-order valence-electron chi connectivity index (χ1n) is 18.9. The standard InChI is InChI=1S/C35H65N11O9/c1-7-10-13-23(30(51)44-25(16-17-26(36)49)32(53)42-22(29(37)50)15-12-18-40-35(38)39)43-31(52)24(14-11-8-2)45-33(54)27(19(4)9-3)46-34(55)28(20(5)47)41-21(6)48/h19-20,22-25,27-28,47H,7-18H2,1-6H3,(H2,36,49)(H2,37,50)(H,41,48)(H,42,53)(H,43,52)(H,44,51)(H,45,54)(H,46,55)(H4,38,39,40)/t19-,20+,22-,23-,24-,25-,27-,28-/m0/s1. The summed E-state index contributed by atoms with van der Waals surface area (Å²) in [7, 11) is 0. The van der Waals surface area contributed by atoms with Gasteiger partial charge in [0, 0.05) is 19.9 Å². The number of aliphatic hydroxyl groups is 1. The predicted molar refractivity (Wildman–Crippen MR) is 205 cm³/mol. The minimum atomic E-state index is -1.35. The number of nitrogens with zero attached hydrogens (tertiary/aromatic N) is 1. The zero-order valence-corrected chi connectivity index (χ0v) is 33.1. The number of unbranched alkanes of at least 4 members (excludes halogenated alkanes) is 2. The van der Waals surface area contributed by atoms with Gasteiger partial charge in [-0.05, 0) is 44.9 Å². The molecule has 8 amide bonds. The van der Waals surface area contributed by atoms with Crippen LogP contribution in [0.2, 0.25) is 0 Å². The molecule has 314 valence electrons. The Kier molecular flexibility index (Phi) is 24.3. The number of aliphatic hydroxyl groups excluding tert-OH is 1. The molecule has 0 aromatic rings. The van der Waals surface area contributed by atoms with E-state index in [2.05, 4.69) is 36.9 Å². The highest BCUT2D eigenvalue weighted by molar-refractivity contribution is 5.97. The molecule has 0 radical (unpaired) electrons. The van der Waals surface area contributed by atoms with Gasteiger partial charge in [0.2, 0.25) is 47.3 Å². The van der Waals surface area contributed by atoms with Crippen LogP contribution in [0, 0.1) is 5.92 Å². The maximum Gasteiger partial charge on any atom is 0.245 e. The molecular weight excluding hydrogens is 718 g/mol. The molecule has 0 spiro atoms. The largest absolute Gasteiger partial charge is 0.391 e. The third-order valence-electron chi connectivity index (χ3n) is 8.79. The van der Waals surface area contributed by atoms with Crippen LogP contribution >= 0.6 is 0 Å². The highest BCUT2D eigenvalue weighted by Crippen LogP contribution is 2.12. The molecule has 15 N–H and O–H groups in total. The van der Waals surface area contributed by atoms with Crippen molar-refractivity contribution in [2.24, 2.45) is 33.8 Å². The maximum atomic E-state index is 13.8. The number of carbonyl (C=O) groups excluding carboxylic acids is 8. The summed E-state index contributed by atoms with van der Waals surface area (Å²) in [5, 5.41) is 25.5. The molecule has 0 aliphatic carbocycles. The molecule has 0 aromatic carbocycles. The van der Waals surface area contributed by atoms with Gasteiger partial charge in [0.15, 0.2) is 5.96 Å². The second-order valence-corrected chi connectivity index (χ2v) is 13.7. The number of amides is 8. The molecule has 20 heteroatoms. The van der Waals surface area contributed by atoms with Crippen LogP contribution in [0.4, 0.5) is 0 Å². The summed E-state index contributed by atoms with van der Waals surface area (Å²) in [6.07, 6.45) is 1.66. The topological polar surface area (TPSA) is 345 Å². The third kappa shape index (κ3) is 20.3. The Morgan fingerprint density at radius 2 is 1.02 bits per heavy atom. The van der Waals surface area contributed by atoms with Crippen molar-refractivity contribution in [1.82, 2.24) is 31.9 Å². The summed E-state index contributed by atoms with van der Waals surface area (Å²) in [4.78, 5) is 107. The van der Waals surface area contributed by atoms with E-state index in [9.17, 15) is 43.5 Å². The van der Waals surface area contributed by atoms with Gasteiger partial charge in [0.25, 0.3) is 0 Å². The Morgan fingerprint density at radius 1 is 0.582 bits per heavy atom. The molecule has 0 unspecified atom stereocenters. The van der Waals surface area contributed by atoms with Crippen LogP contribution in [-0.2, 0) is 38.4 Å². The Hall–Kier alpha value is -5.01. The molecule has 8 atom stereocenters. The molecule has 0 heterocycles. The van der Waals surface area contributed by atoms with Crippen molar-refractivity contribution in [2.75, 3.05) is 6.54 Å². The van der Waals surface area contributed by atoms with Gasteiger partial charge in [-0.15, -0.1) is 0 Å². The van der Waals surface area contributed by atoms with E-state index in [4.69, 9.17) is 22.9 Å². The molecule has 0 bridgehead atoms. The lowest BCUT2D eigenvalue weighted by Crippen LogP contribution is -2.61. The number of primary amides is 2. The monoisotopic (exact) mass is 783 g/mol. The van der Waals surface area contributed by atoms with Crippen molar-refractivity contribution in [1.29, 1.82) is 0 Å². The number of nitrogens with one attached hydrogen (secondary N) is 6. The van der Waals surface area contributed by atoms with Crippen molar-refractivity contribution in [3.05, 3.63) is 0 Å². The number of nitrogens with two attached hydrogens (primary N) is 4. The van der Waals surface area contributed by atoms with Crippen LogP contribution in [-0.4, -0.2) is 107 Å². The predicted octanol–water partition coefficient (Wildman–Crippen LogP) is -2.47. The summed E-state index contributed by atoms with van der Waals surface area (Å²) in [5.41, 5.74) is 21.5.